The Balaban J connectivity index is 1.97. The molecule has 0 spiro atoms. The first-order valence-electron chi connectivity index (χ1n) is 6.36. The molecule has 4 nitrogen and oxygen atoms in total. The van der Waals surface area contributed by atoms with E-state index in [0.717, 1.165) is 6.42 Å². The maximum atomic E-state index is 10.6. The first-order chi connectivity index (χ1) is 8.56. The minimum Gasteiger partial charge on any atom is -0.481 e. The van der Waals surface area contributed by atoms with Gasteiger partial charge in [0, 0.05) is 18.5 Å². The number of hydrogen-bond donors (Lipinski definition) is 3. The summed E-state index contributed by atoms with van der Waals surface area (Å²) in [7, 11) is 0. The van der Waals surface area contributed by atoms with Gasteiger partial charge in [-0.3, -0.25) is 15.6 Å². The highest BCUT2D eigenvalue weighted by atomic mass is 16.4. The molecule has 0 bridgehead atoms. The molecule has 98 valence electrons. The lowest BCUT2D eigenvalue weighted by atomic mass is 9.95. The van der Waals surface area contributed by atoms with Gasteiger partial charge in [0.25, 0.3) is 0 Å². The molecule has 0 amide bonds. The predicted octanol–water partition coefficient (Wildman–Crippen LogP) is 2.08. The van der Waals surface area contributed by atoms with E-state index in [1.165, 1.54) is 16.7 Å². The zero-order valence-corrected chi connectivity index (χ0v) is 10.9. The zero-order chi connectivity index (χ0) is 13.1. The molecule has 1 heterocycles. The molecule has 4 heteroatoms. The highest BCUT2D eigenvalue weighted by Gasteiger charge is 2.26. The largest absolute Gasteiger partial charge is 0.481 e. The van der Waals surface area contributed by atoms with Gasteiger partial charge in [-0.2, -0.15) is 0 Å². The molecule has 0 radical (unpaired) electrons. The fourth-order valence-electron chi connectivity index (χ4n) is 2.53. The highest BCUT2D eigenvalue weighted by molar-refractivity contribution is 5.66. The summed E-state index contributed by atoms with van der Waals surface area (Å²) < 4.78 is 0. The molecular formula is C14H20N2O2. The van der Waals surface area contributed by atoms with E-state index in [1.54, 1.807) is 0 Å². The number of benzene rings is 1. The van der Waals surface area contributed by atoms with Gasteiger partial charge in [-0.05, 0) is 37.8 Å². The predicted molar refractivity (Wildman–Crippen MR) is 70.2 cm³/mol. The van der Waals surface area contributed by atoms with Crippen LogP contribution in [-0.4, -0.2) is 17.1 Å². The van der Waals surface area contributed by atoms with Gasteiger partial charge in [-0.25, -0.2) is 0 Å². The van der Waals surface area contributed by atoms with E-state index in [2.05, 4.69) is 42.9 Å². The molecule has 3 N–H and O–H groups in total. The number of aryl methyl sites for hydroxylation is 2. The Morgan fingerprint density at radius 2 is 2.17 bits per heavy atom. The first kappa shape index (κ1) is 13.1. The van der Waals surface area contributed by atoms with Crippen LogP contribution in [-0.2, 0) is 4.79 Å². The topological polar surface area (TPSA) is 61.4 Å². The molecule has 1 saturated heterocycles. The second-order valence-electron chi connectivity index (χ2n) is 5.07. The fourth-order valence-corrected chi connectivity index (χ4v) is 2.53. The molecule has 1 aliphatic rings. The Kier molecular flexibility index (Phi) is 3.99. The summed E-state index contributed by atoms with van der Waals surface area (Å²) in [6.45, 7) is 4.21. The van der Waals surface area contributed by atoms with Crippen molar-refractivity contribution in [2.45, 2.75) is 45.2 Å². The van der Waals surface area contributed by atoms with Crippen molar-refractivity contribution >= 4 is 5.97 Å². The van der Waals surface area contributed by atoms with Gasteiger partial charge < -0.3 is 5.11 Å². The Hall–Kier alpha value is -1.39. The van der Waals surface area contributed by atoms with Crippen molar-refractivity contribution in [1.82, 2.24) is 10.9 Å². The van der Waals surface area contributed by atoms with Gasteiger partial charge in [-0.15, -0.1) is 0 Å². The SMILES string of the molecule is Cc1ccc(C2CC(CCC(=O)O)NN2)c(C)c1. The fraction of sp³-hybridized carbons (Fsp3) is 0.500. The molecule has 0 aromatic heterocycles. The molecule has 2 atom stereocenters. The van der Waals surface area contributed by atoms with Crippen LogP contribution in [0.2, 0.25) is 0 Å². The van der Waals surface area contributed by atoms with Crippen molar-refractivity contribution in [3.05, 3.63) is 34.9 Å². The molecule has 2 rings (SSSR count). The Labute approximate surface area is 107 Å². The third kappa shape index (κ3) is 3.09. The second kappa shape index (κ2) is 5.50. The summed E-state index contributed by atoms with van der Waals surface area (Å²) in [6.07, 6.45) is 1.83. The highest BCUT2D eigenvalue weighted by Crippen LogP contribution is 2.27. The van der Waals surface area contributed by atoms with Crippen molar-refractivity contribution in [2.75, 3.05) is 0 Å². The van der Waals surface area contributed by atoms with Crippen LogP contribution in [0.4, 0.5) is 0 Å². The Bertz CT molecular complexity index is 445. The maximum Gasteiger partial charge on any atom is 0.303 e. The zero-order valence-electron chi connectivity index (χ0n) is 10.9. The summed E-state index contributed by atoms with van der Waals surface area (Å²) in [4.78, 5) is 10.6. The van der Waals surface area contributed by atoms with Crippen LogP contribution in [0.15, 0.2) is 18.2 Å². The lowest BCUT2D eigenvalue weighted by Crippen LogP contribution is -2.31. The normalized spacial score (nSPS) is 23.2. The maximum absolute atomic E-state index is 10.6. The molecule has 2 unspecified atom stereocenters. The number of aliphatic carboxylic acids is 1. The van der Waals surface area contributed by atoms with Crippen molar-refractivity contribution in [3.8, 4) is 0 Å². The van der Waals surface area contributed by atoms with Crippen LogP contribution >= 0.6 is 0 Å². The summed E-state index contributed by atoms with van der Waals surface area (Å²) in [5, 5.41) is 8.68. The average molecular weight is 248 g/mol. The van der Waals surface area contributed by atoms with E-state index >= 15 is 0 Å². The van der Waals surface area contributed by atoms with Crippen molar-refractivity contribution in [1.29, 1.82) is 0 Å². The lowest BCUT2D eigenvalue weighted by Gasteiger charge is -2.13. The number of nitrogens with one attached hydrogen (secondary N) is 2. The number of carboxylic acids is 1. The number of hydrazine groups is 1. The molecule has 18 heavy (non-hydrogen) atoms. The monoisotopic (exact) mass is 248 g/mol. The van der Waals surface area contributed by atoms with Crippen LogP contribution in [0.5, 0.6) is 0 Å². The summed E-state index contributed by atoms with van der Waals surface area (Å²) in [5.74, 6) is -0.730. The van der Waals surface area contributed by atoms with Gasteiger partial charge >= 0.3 is 5.97 Å². The Morgan fingerprint density at radius 1 is 1.39 bits per heavy atom. The first-order valence-corrected chi connectivity index (χ1v) is 6.36. The van der Waals surface area contributed by atoms with E-state index in [9.17, 15) is 4.79 Å². The van der Waals surface area contributed by atoms with Crippen molar-refractivity contribution in [3.63, 3.8) is 0 Å². The average Bonchev–Trinajstić information content (AvgIpc) is 2.75. The lowest BCUT2D eigenvalue weighted by molar-refractivity contribution is -0.137. The van der Waals surface area contributed by atoms with E-state index in [-0.39, 0.29) is 18.5 Å². The van der Waals surface area contributed by atoms with Crippen LogP contribution in [0.1, 0.15) is 42.0 Å². The van der Waals surface area contributed by atoms with Gasteiger partial charge in [0.1, 0.15) is 0 Å². The number of hydrogen-bond acceptors (Lipinski definition) is 3. The Morgan fingerprint density at radius 3 is 2.83 bits per heavy atom. The molecular weight excluding hydrogens is 228 g/mol. The van der Waals surface area contributed by atoms with Crippen molar-refractivity contribution < 1.29 is 9.90 Å². The van der Waals surface area contributed by atoms with Crippen LogP contribution in [0.3, 0.4) is 0 Å². The van der Waals surface area contributed by atoms with E-state index in [0.29, 0.717) is 6.42 Å². The third-order valence-corrected chi connectivity index (χ3v) is 3.49. The summed E-state index contributed by atoms with van der Waals surface area (Å²) in [5.41, 5.74) is 10.3. The minimum absolute atomic E-state index is 0.221. The number of carbonyl (C=O) groups is 1. The minimum atomic E-state index is -0.730. The summed E-state index contributed by atoms with van der Waals surface area (Å²) in [6, 6.07) is 6.98. The molecule has 1 aliphatic heterocycles. The molecule has 0 saturated carbocycles. The van der Waals surface area contributed by atoms with Gasteiger partial charge in [0.2, 0.25) is 0 Å². The van der Waals surface area contributed by atoms with Crippen molar-refractivity contribution in [2.24, 2.45) is 0 Å². The van der Waals surface area contributed by atoms with Crippen LogP contribution < -0.4 is 10.9 Å². The van der Waals surface area contributed by atoms with E-state index < -0.39 is 5.97 Å². The quantitative estimate of drug-likeness (QED) is 0.763. The van der Waals surface area contributed by atoms with Gasteiger partial charge in [-0.1, -0.05) is 23.8 Å². The summed E-state index contributed by atoms with van der Waals surface area (Å²) >= 11 is 0. The molecule has 1 fully saturated rings. The van der Waals surface area contributed by atoms with Gasteiger partial charge in [0.15, 0.2) is 0 Å². The third-order valence-electron chi connectivity index (χ3n) is 3.49. The molecule has 1 aromatic carbocycles. The second-order valence-corrected chi connectivity index (χ2v) is 5.07. The molecule has 0 aliphatic carbocycles. The smallest absolute Gasteiger partial charge is 0.303 e. The van der Waals surface area contributed by atoms with E-state index in [1.807, 2.05) is 0 Å². The standard InChI is InChI=1S/C14H20N2O2/c1-9-3-5-12(10(2)7-9)13-8-11(15-16-13)4-6-14(17)18/h3,5,7,11,13,15-16H,4,6,8H2,1-2H3,(H,17,18). The van der Waals surface area contributed by atoms with Gasteiger partial charge in [0.05, 0.1) is 0 Å². The van der Waals surface area contributed by atoms with Crippen LogP contribution in [0.25, 0.3) is 0 Å². The number of rotatable bonds is 4. The number of carboxylic acid groups (broad SMARTS) is 1. The molecule has 1 aromatic rings. The van der Waals surface area contributed by atoms with Crippen LogP contribution in [0, 0.1) is 13.8 Å². The van der Waals surface area contributed by atoms with E-state index in [4.69, 9.17) is 5.11 Å².